The largest absolute Gasteiger partial charge is 1.00 e. The Bertz CT molecular complexity index is 1090. The van der Waals surface area contributed by atoms with Gasteiger partial charge in [0.25, 0.3) is 0 Å². The van der Waals surface area contributed by atoms with Gasteiger partial charge in [0.2, 0.25) is 0 Å². The summed E-state index contributed by atoms with van der Waals surface area (Å²) in [6, 6.07) is 23.9. The molecule has 6 heterocycles. The van der Waals surface area contributed by atoms with Crippen LogP contribution in [0.2, 0.25) is 0 Å². The Balaban J connectivity index is 0.000000176. The summed E-state index contributed by atoms with van der Waals surface area (Å²) in [6.45, 7) is 7.30. The quantitative estimate of drug-likeness (QED) is 0.209. The molecule has 0 spiro atoms. The molecule has 0 aliphatic carbocycles. The van der Waals surface area contributed by atoms with Crippen molar-refractivity contribution < 1.29 is 22.4 Å². The van der Waals surface area contributed by atoms with Gasteiger partial charge in [-0.15, -0.1) is 0 Å². The van der Waals surface area contributed by atoms with Gasteiger partial charge < -0.3 is 19.6 Å². The van der Waals surface area contributed by atoms with Crippen molar-refractivity contribution in [3.05, 3.63) is 158 Å². The minimum atomic E-state index is 0. The van der Waals surface area contributed by atoms with Crippen molar-refractivity contribution in [3.63, 3.8) is 0 Å². The summed E-state index contributed by atoms with van der Waals surface area (Å²) in [5, 5.41) is 0. The van der Waals surface area contributed by atoms with Gasteiger partial charge in [-0.05, 0) is 73.3 Å². The topological polar surface area (TPSA) is 64.5 Å². The molecule has 0 radical (unpaired) electrons. The van der Waals surface area contributed by atoms with E-state index in [9.17, 15) is 0 Å². The summed E-state index contributed by atoms with van der Waals surface area (Å²) in [7, 11) is 0. The molecule has 4 aromatic rings. The van der Waals surface area contributed by atoms with E-state index in [1.165, 1.54) is 0 Å². The zero-order valence-electron chi connectivity index (χ0n) is 21.4. The van der Waals surface area contributed by atoms with E-state index in [0.29, 0.717) is 0 Å². The third-order valence-electron chi connectivity index (χ3n) is 5.78. The Morgan fingerprint density at radius 3 is 0.872 bits per heavy atom. The normalized spacial score (nSPS) is 13.7. The second-order valence-corrected chi connectivity index (χ2v) is 8.80. The Morgan fingerprint density at radius 2 is 0.667 bits per heavy atom. The molecule has 0 saturated heterocycles. The molecule has 0 bridgehead atoms. The predicted octanol–water partition coefficient (Wildman–Crippen LogP) is 4.77. The molecule has 2 aliphatic heterocycles. The number of hydrogen-bond acceptors (Lipinski definition) is 8. The molecule has 0 atom stereocenters. The molecular formula is C30H30AgN8-. The van der Waals surface area contributed by atoms with Crippen LogP contribution in [0.25, 0.3) is 0 Å². The van der Waals surface area contributed by atoms with Gasteiger partial charge in [0.15, 0.2) is 0 Å². The molecule has 0 unspecified atom stereocenters. The molecule has 8 nitrogen and oxygen atoms in total. The van der Waals surface area contributed by atoms with Crippen molar-refractivity contribution in [1.29, 1.82) is 0 Å². The van der Waals surface area contributed by atoms with Crippen LogP contribution in [0.4, 0.5) is 0 Å². The number of nitrogens with zero attached hydrogens (tertiary/aromatic N) is 8. The Labute approximate surface area is 245 Å². The first kappa shape index (κ1) is 28.0. The van der Waals surface area contributed by atoms with E-state index in [-0.39, 0.29) is 22.4 Å². The van der Waals surface area contributed by atoms with Gasteiger partial charge in [-0.1, -0.05) is 24.3 Å². The molecule has 6 rings (SSSR count). The Morgan fingerprint density at radius 1 is 0.410 bits per heavy atom. The summed E-state index contributed by atoms with van der Waals surface area (Å²) < 4.78 is 0. The first-order valence-electron chi connectivity index (χ1n) is 12.5. The van der Waals surface area contributed by atoms with Crippen molar-refractivity contribution in [1.82, 2.24) is 39.5 Å². The van der Waals surface area contributed by atoms with Crippen LogP contribution < -0.4 is 0 Å². The zero-order valence-corrected chi connectivity index (χ0v) is 22.9. The van der Waals surface area contributed by atoms with Gasteiger partial charge in [-0.25, -0.2) is 0 Å². The fourth-order valence-electron chi connectivity index (χ4n) is 3.97. The monoisotopic (exact) mass is 609 g/mol. The number of rotatable bonds is 8. The van der Waals surface area contributed by atoms with Crippen LogP contribution in [-0.4, -0.2) is 39.5 Å². The third kappa shape index (κ3) is 9.07. The van der Waals surface area contributed by atoms with Crippen LogP contribution in [0.1, 0.15) is 22.8 Å². The molecule has 202 valence electrons. The molecular weight excluding hydrogens is 580 g/mol. The van der Waals surface area contributed by atoms with Gasteiger partial charge in [-0.2, -0.15) is 13.3 Å². The summed E-state index contributed by atoms with van der Waals surface area (Å²) in [5.74, 6) is 0. The van der Waals surface area contributed by atoms with E-state index in [2.05, 4.69) is 77.7 Å². The van der Waals surface area contributed by atoms with Crippen molar-refractivity contribution in [2.75, 3.05) is 0 Å². The molecule has 0 fully saturated rings. The van der Waals surface area contributed by atoms with Gasteiger partial charge in [-0.3, -0.25) is 19.9 Å². The van der Waals surface area contributed by atoms with Crippen LogP contribution in [-0.2, 0) is 48.6 Å². The summed E-state index contributed by atoms with van der Waals surface area (Å²) >= 11 is 0. The minimum Gasteiger partial charge on any atom is -0.503 e. The Hall–Kier alpha value is -3.98. The molecule has 0 N–H and O–H groups in total. The fraction of sp³-hybridized carbons (Fsp3) is 0.133. The standard InChI is InChI=1S/2C15H15N4.Ag/c2*1-3-7-16-14(5-1)11-18-9-10-19(13-18)12-15-6-2-4-8-17-15;/h2*1-10,13H,11-12H2;/q2*-1;+1. The Kier molecular flexibility index (Phi) is 10.7. The van der Waals surface area contributed by atoms with Crippen molar-refractivity contribution in [2.45, 2.75) is 26.2 Å². The van der Waals surface area contributed by atoms with E-state index in [1.807, 2.05) is 97.6 Å². The molecule has 0 amide bonds. The zero-order chi connectivity index (χ0) is 25.8. The van der Waals surface area contributed by atoms with E-state index in [1.54, 1.807) is 0 Å². The van der Waals surface area contributed by atoms with Crippen LogP contribution in [0, 0.1) is 13.3 Å². The molecule has 0 saturated carbocycles. The van der Waals surface area contributed by atoms with Crippen molar-refractivity contribution >= 4 is 0 Å². The van der Waals surface area contributed by atoms with E-state index in [4.69, 9.17) is 0 Å². The molecule has 2 aliphatic rings. The first-order chi connectivity index (χ1) is 18.8. The van der Waals surface area contributed by atoms with Gasteiger partial charge >= 0.3 is 22.4 Å². The van der Waals surface area contributed by atoms with Gasteiger partial charge in [0.1, 0.15) is 0 Å². The molecule has 9 heteroatoms. The minimum absolute atomic E-state index is 0. The third-order valence-corrected chi connectivity index (χ3v) is 5.78. The maximum Gasteiger partial charge on any atom is 1.00 e. The average molecular weight is 610 g/mol. The summed E-state index contributed by atoms with van der Waals surface area (Å²) in [6.07, 6.45) is 15.5. The fourth-order valence-corrected chi connectivity index (χ4v) is 3.97. The number of aromatic nitrogens is 4. The molecule has 0 aromatic carbocycles. The number of pyridine rings is 4. The summed E-state index contributed by atoms with van der Waals surface area (Å²) in [5.41, 5.74) is 4.23. The van der Waals surface area contributed by atoms with E-state index < -0.39 is 0 Å². The van der Waals surface area contributed by atoms with Crippen LogP contribution in [0.5, 0.6) is 0 Å². The SMILES string of the molecule is C1=CN(Cc2ccccn2)[CH-]N1Cc1ccccn1.C1=CN(Cc2ccccn2)[CH-]N1Cc1ccccn1.[Ag+]. The van der Waals surface area contributed by atoms with Gasteiger partial charge in [0.05, 0.1) is 22.8 Å². The molecule has 39 heavy (non-hydrogen) atoms. The van der Waals surface area contributed by atoms with Crippen LogP contribution >= 0.6 is 0 Å². The second-order valence-electron chi connectivity index (χ2n) is 8.80. The smallest absolute Gasteiger partial charge is 0.503 e. The summed E-state index contributed by atoms with van der Waals surface area (Å²) in [4.78, 5) is 25.8. The maximum absolute atomic E-state index is 4.32. The molecule has 4 aromatic heterocycles. The van der Waals surface area contributed by atoms with Crippen LogP contribution in [0.15, 0.2) is 122 Å². The second kappa shape index (κ2) is 14.8. The number of hydrogen-bond donors (Lipinski definition) is 0. The maximum atomic E-state index is 4.32. The van der Waals surface area contributed by atoms with Gasteiger partial charge in [0, 0.05) is 51.0 Å². The van der Waals surface area contributed by atoms with E-state index >= 15 is 0 Å². The van der Waals surface area contributed by atoms with Crippen LogP contribution in [0.3, 0.4) is 0 Å². The van der Waals surface area contributed by atoms with E-state index in [0.717, 1.165) is 49.0 Å². The predicted molar refractivity (Wildman–Crippen MR) is 146 cm³/mol. The van der Waals surface area contributed by atoms with Crippen molar-refractivity contribution in [3.8, 4) is 0 Å². The average Bonchev–Trinajstić information content (AvgIpc) is 3.60. The van der Waals surface area contributed by atoms with Crippen molar-refractivity contribution in [2.24, 2.45) is 0 Å². The first-order valence-corrected chi connectivity index (χ1v) is 12.5.